The van der Waals surface area contributed by atoms with Crippen molar-refractivity contribution in [3.8, 4) is 0 Å². The van der Waals surface area contributed by atoms with E-state index in [1.165, 1.54) is 0 Å². The maximum Gasteiger partial charge on any atom is 0.326 e. The Morgan fingerprint density at radius 3 is 2.43 bits per heavy atom. The van der Waals surface area contributed by atoms with Gasteiger partial charge in [0.2, 0.25) is 5.91 Å². The molecule has 23 heavy (non-hydrogen) atoms. The van der Waals surface area contributed by atoms with Crippen LogP contribution in [0, 0.1) is 16.7 Å². The average molecular weight is 347 g/mol. The van der Waals surface area contributed by atoms with E-state index in [1.807, 2.05) is 13.8 Å². The molecule has 9 nitrogen and oxygen atoms in total. The highest BCUT2D eigenvalue weighted by Crippen LogP contribution is 2.16. The molecule has 0 bridgehead atoms. The van der Waals surface area contributed by atoms with Crippen LogP contribution in [0.15, 0.2) is 9.57 Å². The number of nitrogens with one attached hydrogen (secondary N) is 1. The van der Waals surface area contributed by atoms with E-state index in [4.69, 9.17) is 11.5 Å². The van der Waals surface area contributed by atoms with Crippen LogP contribution in [0.1, 0.15) is 33.1 Å². The van der Waals surface area contributed by atoms with Crippen LogP contribution in [0.25, 0.3) is 0 Å². The minimum Gasteiger partial charge on any atom is -0.480 e. The topological polar surface area (TPSA) is 160 Å². The van der Waals surface area contributed by atoms with Crippen molar-refractivity contribution in [2.45, 2.75) is 39.2 Å². The molecule has 0 heterocycles. The van der Waals surface area contributed by atoms with Crippen molar-refractivity contribution in [1.82, 2.24) is 5.32 Å². The van der Waals surface area contributed by atoms with Gasteiger partial charge in [0.25, 0.3) is 0 Å². The molecule has 1 amide bonds. The zero-order valence-electron chi connectivity index (χ0n) is 13.4. The average Bonchev–Trinajstić information content (AvgIpc) is 2.44. The maximum absolute atomic E-state index is 12.3. The van der Waals surface area contributed by atoms with Crippen LogP contribution in [-0.4, -0.2) is 41.3 Å². The molecule has 1 unspecified atom stereocenters. The van der Waals surface area contributed by atoms with Gasteiger partial charge >= 0.3 is 5.97 Å². The molecule has 0 aliphatic carbocycles. The molecule has 0 aliphatic heterocycles. The van der Waals surface area contributed by atoms with Crippen LogP contribution in [-0.2, 0) is 9.59 Å². The smallest absolute Gasteiger partial charge is 0.326 e. The van der Waals surface area contributed by atoms with E-state index in [-0.39, 0.29) is 17.6 Å². The van der Waals surface area contributed by atoms with Gasteiger partial charge < -0.3 is 21.9 Å². The third kappa shape index (κ3) is 10.5. The molecule has 132 valence electrons. The minimum absolute atomic E-state index is 0.0298. The third-order valence-electron chi connectivity index (χ3n) is 3.03. The van der Waals surface area contributed by atoms with E-state index >= 15 is 0 Å². The lowest BCUT2D eigenvalue weighted by Crippen LogP contribution is -2.44. The lowest BCUT2D eigenvalue weighted by Gasteiger charge is -2.20. The van der Waals surface area contributed by atoms with Gasteiger partial charge in [0.05, 0.1) is 0 Å². The lowest BCUT2D eigenvalue weighted by atomic mass is 10.0. The van der Waals surface area contributed by atoms with Crippen molar-refractivity contribution in [2.24, 2.45) is 32.9 Å². The van der Waals surface area contributed by atoms with Crippen molar-refractivity contribution in [3.05, 3.63) is 4.91 Å². The molecule has 0 radical (unpaired) electrons. The summed E-state index contributed by atoms with van der Waals surface area (Å²) in [7, 11) is 0. The number of nitrogens with zero attached hydrogens (tertiary/aromatic N) is 2. The zero-order chi connectivity index (χ0) is 17.8. The SMILES string of the molecule is CC(C)C[C@H](NC(=O)C(CCCN=C(N)N)CSN=O)C(=O)O. The molecule has 0 aliphatic rings. The molecular formula is C13H25N5O4S. The van der Waals surface area contributed by atoms with Crippen molar-refractivity contribution in [3.63, 3.8) is 0 Å². The second-order valence-electron chi connectivity index (χ2n) is 5.55. The number of nitroso groups, excluding NO2 is 1. The normalized spacial score (nSPS) is 13.2. The molecule has 2 atom stereocenters. The van der Waals surface area contributed by atoms with Gasteiger partial charge in [-0.25, -0.2) is 4.79 Å². The van der Waals surface area contributed by atoms with Gasteiger partial charge in [-0.3, -0.25) is 9.79 Å². The number of amides is 1. The Balaban J connectivity index is 4.66. The van der Waals surface area contributed by atoms with Crippen molar-refractivity contribution < 1.29 is 14.7 Å². The fraction of sp³-hybridized carbons (Fsp3) is 0.769. The Morgan fingerprint density at radius 2 is 1.96 bits per heavy atom. The molecular weight excluding hydrogens is 322 g/mol. The summed E-state index contributed by atoms with van der Waals surface area (Å²) in [5.41, 5.74) is 10.4. The first-order chi connectivity index (χ1) is 10.8. The molecule has 6 N–H and O–H groups in total. The van der Waals surface area contributed by atoms with E-state index < -0.39 is 23.8 Å². The number of rotatable bonds is 12. The molecule has 10 heteroatoms. The van der Waals surface area contributed by atoms with Crippen molar-refractivity contribution in [1.29, 1.82) is 0 Å². The van der Waals surface area contributed by atoms with Crippen LogP contribution in [0.2, 0.25) is 0 Å². The highest BCUT2D eigenvalue weighted by atomic mass is 32.2. The molecule has 0 rings (SSSR count). The number of aliphatic carboxylic acids is 1. The number of carboxylic acids is 1. The fourth-order valence-corrected chi connectivity index (χ4v) is 2.50. The number of guanidine groups is 1. The Morgan fingerprint density at radius 1 is 1.30 bits per heavy atom. The summed E-state index contributed by atoms with van der Waals surface area (Å²) in [6.45, 7) is 4.11. The van der Waals surface area contributed by atoms with Crippen molar-refractivity contribution in [2.75, 3.05) is 12.3 Å². The predicted molar refractivity (Wildman–Crippen MR) is 90.7 cm³/mol. The Kier molecular flexibility index (Phi) is 10.8. The summed E-state index contributed by atoms with van der Waals surface area (Å²) in [6.07, 6.45) is 1.30. The number of hydrogen-bond acceptors (Lipinski definition) is 6. The molecule has 0 saturated carbocycles. The lowest BCUT2D eigenvalue weighted by molar-refractivity contribution is -0.142. The summed E-state index contributed by atoms with van der Waals surface area (Å²) in [5, 5.41) is 11.7. The molecule has 0 aromatic rings. The Hall–Kier alpha value is -1.84. The van der Waals surface area contributed by atoms with Crippen LogP contribution < -0.4 is 16.8 Å². The summed E-state index contributed by atoms with van der Waals surface area (Å²) in [4.78, 5) is 37.5. The highest BCUT2D eigenvalue weighted by Gasteiger charge is 2.26. The van der Waals surface area contributed by atoms with E-state index in [9.17, 15) is 19.6 Å². The highest BCUT2D eigenvalue weighted by molar-refractivity contribution is 7.97. The van der Waals surface area contributed by atoms with Crippen LogP contribution >= 0.6 is 11.9 Å². The molecule has 0 aromatic heterocycles. The van der Waals surface area contributed by atoms with Crippen LogP contribution in [0.5, 0.6) is 0 Å². The molecule has 0 aromatic carbocycles. The number of nitrogens with two attached hydrogens (primary N) is 2. The summed E-state index contributed by atoms with van der Waals surface area (Å²) in [6, 6.07) is -0.947. The van der Waals surface area contributed by atoms with Gasteiger partial charge in [0, 0.05) is 34.7 Å². The summed E-state index contributed by atoms with van der Waals surface area (Å²) in [5.74, 6) is -1.72. The van der Waals surface area contributed by atoms with Crippen LogP contribution in [0.4, 0.5) is 0 Å². The maximum atomic E-state index is 12.3. The minimum atomic E-state index is -1.08. The van der Waals surface area contributed by atoms with E-state index in [1.54, 1.807) is 0 Å². The van der Waals surface area contributed by atoms with Gasteiger partial charge in [-0.15, -0.1) is 4.91 Å². The number of carbonyl (C=O) groups is 2. The van der Waals surface area contributed by atoms with Gasteiger partial charge in [-0.2, -0.15) is 0 Å². The summed E-state index contributed by atoms with van der Waals surface area (Å²) < 4.78 is 2.68. The van der Waals surface area contributed by atoms with Gasteiger partial charge in [0.15, 0.2) is 5.96 Å². The van der Waals surface area contributed by atoms with E-state index in [0.29, 0.717) is 25.8 Å². The fourth-order valence-electron chi connectivity index (χ4n) is 1.94. The number of hydrogen-bond donors (Lipinski definition) is 4. The Labute approximate surface area is 139 Å². The third-order valence-corrected chi connectivity index (χ3v) is 3.68. The van der Waals surface area contributed by atoms with E-state index in [2.05, 4.69) is 14.9 Å². The second kappa shape index (κ2) is 11.7. The zero-order valence-corrected chi connectivity index (χ0v) is 14.2. The predicted octanol–water partition coefficient (Wildman–Crippen LogP) is 0.686. The summed E-state index contributed by atoms with van der Waals surface area (Å²) >= 11 is 0.734. The largest absolute Gasteiger partial charge is 0.480 e. The van der Waals surface area contributed by atoms with Gasteiger partial charge in [-0.05, 0) is 25.2 Å². The number of carbonyl (C=O) groups excluding carboxylic acids is 1. The first-order valence-corrected chi connectivity index (χ1v) is 8.25. The first-order valence-electron chi connectivity index (χ1n) is 7.31. The van der Waals surface area contributed by atoms with Crippen molar-refractivity contribution >= 4 is 29.8 Å². The van der Waals surface area contributed by atoms with Gasteiger partial charge in [-0.1, -0.05) is 13.8 Å². The number of aliphatic imine (C=N–C) groups is 1. The second-order valence-corrected chi connectivity index (χ2v) is 6.29. The standard InChI is InChI=1S/C13H25N5O4S/c1-8(2)6-10(12(20)21)17-11(19)9(7-23-18-22)4-3-5-16-13(14)15/h8-10H,3-7H2,1-2H3,(H,17,19)(H,20,21)(H4,14,15,16)/t9?,10-/m0/s1. The van der Waals surface area contributed by atoms with E-state index in [0.717, 1.165) is 11.9 Å². The molecule has 0 spiro atoms. The monoisotopic (exact) mass is 347 g/mol. The quantitative estimate of drug-likeness (QED) is 0.133. The van der Waals surface area contributed by atoms with Crippen LogP contribution in [0.3, 0.4) is 0 Å². The molecule has 0 saturated heterocycles. The first kappa shape index (κ1) is 21.2. The van der Waals surface area contributed by atoms with Gasteiger partial charge in [0.1, 0.15) is 6.04 Å². The molecule has 0 fully saturated rings. The Bertz CT molecular complexity index is 427. The number of carboxylic acid groups (broad SMARTS) is 1.